The molecule has 0 aromatic heterocycles. The zero-order valence-corrected chi connectivity index (χ0v) is 11.3. The molecule has 1 saturated heterocycles. The van der Waals surface area contributed by atoms with Gasteiger partial charge in [-0.15, -0.1) is 0 Å². The second-order valence-corrected chi connectivity index (χ2v) is 6.10. The molecule has 18 heavy (non-hydrogen) atoms. The van der Waals surface area contributed by atoms with Crippen molar-refractivity contribution in [3.05, 3.63) is 0 Å². The van der Waals surface area contributed by atoms with E-state index in [1.165, 1.54) is 12.8 Å². The fourth-order valence-corrected chi connectivity index (χ4v) is 3.33. The second kappa shape index (κ2) is 5.29. The van der Waals surface area contributed by atoms with Crippen molar-refractivity contribution in [3.63, 3.8) is 0 Å². The molecule has 1 amide bonds. The van der Waals surface area contributed by atoms with E-state index < -0.39 is 11.9 Å². The maximum absolute atomic E-state index is 11.9. The number of carboxylic acids is 1. The minimum Gasteiger partial charge on any atom is -0.481 e. The Balaban J connectivity index is 1.90. The van der Waals surface area contributed by atoms with Gasteiger partial charge in [-0.3, -0.25) is 9.59 Å². The van der Waals surface area contributed by atoms with Crippen LogP contribution in [0.25, 0.3) is 0 Å². The zero-order valence-electron chi connectivity index (χ0n) is 11.3. The van der Waals surface area contributed by atoms with Crippen molar-refractivity contribution in [2.24, 2.45) is 17.8 Å². The van der Waals surface area contributed by atoms with Crippen LogP contribution >= 0.6 is 0 Å². The van der Waals surface area contributed by atoms with Crippen molar-refractivity contribution in [2.75, 3.05) is 6.54 Å². The SMILES string of the molecule is CC(C)C1CCC(N2CC(C(=O)O)CC2=O)CC1. The van der Waals surface area contributed by atoms with E-state index in [-0.39, 0.29) is 18.4 Å². The summed E-state index contributed by atoms with van der Waals surface area (Å²) in [7, 11) is 0. The Kier molecular flexibility index (Phi) is 3.93. The molecule has 1 unspecified atom stereocenters. The molecular weight excluding hydrogens is 230 g/mol. The summed E-state index contributed by atoms with van der Waals surface area (Å²) < 4.78 is 0. The van der Waals surface area contributed by atoms with Gasteiger partial charge in [0.25, 0.3) is 0 Å². The Hall–Kier alpha value is -1.06. The molecule has 2 rings (SSSR count). The molecule has 0 aromatic rings. The van der Waals surface area contributed by atoms with Crippen LogP contribution < -0.4 is 0 Å². The molecule has 4 heteroatoms. The fraction of sp³-hybridized carbons (Fsp3) is 0.857. The number of rotatable bonds is 3. The van der Waals surface area contributed by atoms with Gasteiger partial charge >= 0.3 is 5.97 Å². The quantitative estimate of drug-likeness (QED) is 0.838. The number of hydrogen-bond acceptors (Lipinski definition) is 2. The highest BCUT2D eigenvalue weighted by Gasteiger charge is 2.39. The van der Waals surface area contributed by atoms with Gasteiger partial charge in [0.1, 0.15) is 0 Å². The van der Waals surface area contributed by atoms with Gasteiger partial charge in [-0.05, 0) is 37.5 Å². The Morgan fingerprint density at radius 3 is 2.33 bits per heavy atom. The molecule has 2 fully saturated rings. The third kappa shape index (κ3) is 2.68. The first-order valence-corrected chi connectivity index (χ1v) is 7.01. The zero-order chi connectivity index (χ0) is 13.3. The highest BCUT2D eigenvalue weighted by Crippen LogP contribution is 2.34. The van der Waals surface area contributed by atoms with Gasteiger partial charge in [0, 0.05) is 19.0 Å². The predicted molar refractivity (Wildman–Crippen MR) is 68.0 cm³/mol. The molecule has 102 valence electrons. The lowest BCUT2D eigenvalue weighted by atomic mass is 9.79. The lowest BCUT2D eigenvalue weighted by Gasteiger charge is -2.36. The summed E-state index contributed by atoms with van der Waals surface area (Å²) >= 11 is 0. The molecule has 1 heterocycles. The van der Waals surface area contributed by atoms with Crippen molar-refractivity contribution in [3.8, 4) is 0 Å². The summed E-state index contributed by atoms with van der Waals surface area (Å²) in [6.45, 7) is 4.93. The van der Waals surface area contributed by atoms with Crippen LogP contribution in [0.15, 0.2) is 0 Å². The summed E-state index contributed by atoms with van der Waals surface area (Å²) in [5, 5.41) is 8.98. The van der Waals surface area contributed by atoms with Gasteiger partial charge in [0.15, 0.2) is 0 Å². The average Bonchev–Trinajstić information content (AvgIpc) is 2.71. The molecule has 1 atom stereocenters. The maximum atomic E-state index is 11.9. The highest BCUT2D eigenvalue weighted by molar-refractivity contribution is 5.86. The van der Waals surface area contributed by atoms with Crippen molar-refractivity contribution in [1.82, 2.24) is 4.90 Å². The fourth-order valence-electron chi connectivity index (χ4n) is 3.33. The van der Waals surface area contributed by atoms with Crippen LogP contribution in [0.3, 0.4) is 0 Å². The third-order valence-electron chi connectivity index (χ3n) is 4.63. The average molecular weight is 253 g/mol. The van der Waals surface area contributed by atoms with Gasteiger partial charge in [-0.25, -0.2) is 0 Å². The molecule has 0 spiro atoms. The van der Waals surface area contributed by atoms with Crippen LogP contribution in [0.4, 0.5) is 0 Å². The standard InChI is InChI=1S/C14H23NO3/c1-9(2)10-3-5-12(6-4-10)15-8-11(14(17)18)7-13(15)16/h9-12H,3-8H2,1-2H3,(H,17,18). The van der Waals surface area contributed by atoms with Crippen LogP contribution in [0, 0.1) is 17.8 Å². The van der Waals surface area contributed by atoms with E-state index in [1.807, 2.05) is 4.90 Å². The van der Waals surface area contributed by atoms with E-state index in [2.05, 4.69) is 13.8 Å². The van der Waals surface area contributed by atoms with Crippen LogP contribution in [-0.2, 0) is 9.59 Å². The van der Waals surface area contributed by atoms with E-state index in [9.17, 15) is 9.59 Å². The molecule has 2 aliphatic rings. The van der Waals surface area contributed by atoms with E-state index in [4.69, 9.17) is 5.11 Å². The summed E-state index contributed by atoms with van der Waals surface area (Å²) in [5.74, 6) is 0.207. The second-order valence-electron chi connectivity index (χ2n) is 6.10. The van der Waals surface area contributed by atoms with E-state index >= 15 is 0 Å². The Labute approximate surface area is 108 Å². The van der Waals surface area contributed by atoms with Gasteiger partial charge in [-0.1, -0.05) is 13.8 Å². The number of amides is 1. The van der Waals surface area contributed by atoms with Crippen molar-refractivity contribution in [1.29, 1.82) is 0 Å². The van der Waals surface area contributed by atoms with Gasteiger partial charge in [0.05, 0.1) is 5.92 Å². The number of carbonyl (C=O) groups is 2. The number of carboxylic acid groups (broad SMARTS) is 1. The van der Waals surface area contributed by atoms with Crippen molar-refractivity contribution in [2.45, 2.75) is 52.0 Å². The number of hydrogen-bond donors (Lipinski definition) is 1. The largest absolute Gasteiger partial charge is 0.481 e. The Morgan fingerprint density at radius 2 is 1.89 bits per heavy atom. The van der Waals surface area contributed by atoms with Gasteiger partial charge < -0.3 is 10.0 Å². The maximum Gasteiger partial charge on any atom is 0.308 e. The monoisotopic (exact) mass is 253 g/mol. The molecule has 0 bridgehead atoms. The minimum atomic E-state index is -0.832. The first kappa shape index (κ1) is 13.4. The Morgan fingerprint density at radius 1 is 1.28 bits per heavy atom. The lowest BCUT2D eigenvalue weighted by molar-refractivity contribution is -0.141. The third-order valence-corrected chi connectivity index (χ3v) is 4.63. The molecule has 1 saturated carbocycles. The molecule has 1 aliphatic carbocycles. The topological polar surface area (TPSA) is 57.6 Å². The van der Waals surface area contributed by atoms with Crippen LogP contribution in [0.2, 0.25) is 0 Å². The number of nitrogens with zero attached hydrogens (tertiary/aromatic N) is 1. The van der Waals surface area contributed by atoms with Crippen molar-refractivity contribution >= 4 is 11.9 Å². The van der Waals surface area contributed by atoms with E-state index in [0.29, 0.717) is 12.5 Å². The van der Waals surface area contributed by atoms with Crippen LogP contribution in [-0.4, -0.2) is 34.5 Å². The van der Waals surface area contributed by atoms with Crippen LogP contribution in [0.1, 0.15) is 46.0 Å². The number of aliphatic carboxylic acids is 1. The summed E-state index contributed by atoms with van der Waals surface area (Å²) in [6.07, 6.45) is 4.62. The number of carbonyl (C=O) groups excluding carboxylic acids is 1. The Bertz CT molecular complexity index is 332. The summed E-state index contributed by atoms with van der Waals surface area (Å²) in [4.78, 5) is 24.6. The number of likely N-dealkylation sites (tertiary alicyclic amines) is 1. The normalized spacial score (nSPS) is 33.2. The smallest absolute Gasteiger partial charge is 0.308 e. The molecular formula is C14H23NO3. The lowest BCUT2D eigenvalue weighted by Crippen LogP contribution is -2.40. The first-order valence-electron chi connectivity index (χ1n) is 7.01. The highest BCUT2D eigenvalue weighted by atomic mass is 16.4. The predicted octanol–water partition coefficient (Wildman–Crippen LogP) is 2.13. The van der Waals surface area contributed by atoms with Gasteiger partial charge in [-0.2, -0.15) is 0 Å². The van der Waals surface area contributed by atoms with Gasteiger partial charge in [0.2, 0.25) is 5.91 Å². The molecule has 0 radical (unpaired) electrons. The first-order chi connectivity index (χ1) is 8.49. The van der Waals surface area contributed by atoms with Crippen molar-refractivity contribution < 1.29 is 14.7 Å². The molecule has 4 nitrogen and oxygen atoms in total. The molecule has 1 N–H and O–H groups in total. The summed E-state index contributed by atoms with van der Waals surface area (Å²) in [6, 6.07) is 0.289. The summed E-state index contributed by atoms with van der Waals surface area (Å²) in [5.41, 5.74) is 0. The molecule has 1 aliphatic heterocycles. The van der Waals surface area contributed by atoms with E-state index in [0.717, 1.165) is 18.8 Å². The van der Waals surface area contributed by atoms with Crippen LogP contribution in [0.5, 0.6) is 0 Å². The molecule has 0 aromatic carbocycles. The van der Waals surface area contributed by atoms with E-state index in [1.54, 1.807) is 0 Å². The minimum absolute atomic E-state index is 0.0374.